The number of benzene rings is 2. The van der Waals surface area contributed by atoms with Gasteiger partial charge in [0.05, 0.1) is 0 Å². The fourth-order valence-electron chi connectivity index (χ4n) is 2.62. The molecule has 3 aromatic rings. The number of aryl methyl sites for hydroxylation is 1. The van der Waals surface area contributed by atoms with E-state index in [4.69, 9.17) is 9.15 Å². The van der Waals surface area contributed by atoms with E-state index >= 15 is 0 Å². The quantitative estimate of drug-likeness (QED) is 0.526. The molecule has 0 aliphatic heterocycles. The zero-order chi connectivity index (χ0) is 16.9. The molecule has 0 saturated carbocycles. The summed E-state index contributed by atoms with van der Waals surface area (Å²) in [6.45, 7) is 2.61. The number of halogens is 1. The molecule has 0 amide bonds. The molecule has 0 bridgehead atoms. The average Bonchev–Trinajstić information content (AvgIpc) is 2.58. The van der Waals surface area contributed by atoms with Gasteiger partial charge in [-0.05, 0) is 48.2 Å². The summed E-state index contributed by atoms with van der Waals surface area (Å²) < 4.78 is 12.2. The predicted molar refractivity (Wildman–Crippen MR) is 99.6 cm³/mol. The number of unbranched alkanes of at least 4 members (excludes halogenated alkanes) is 1. The van der Waals surface area contributed by atoms with Crippen LogP contribution in [0.5, 0.6) is 5.75 Å². The molecule has 0 aliphatic rings. The summed E-state index contributed by atoms with van der Waals surface area (Å²) in [5.74, 6) is 0.696. The molecule has 0 fully saturated rings. The maximum Gasteiger partial charge on any atom is 0.336 e. The van der Waals surface area contributed by atoms with E-state index in [9.17, 15) is 4.79 Å². The van der Waals surface area contributed by atoms with Gasteiger partial charge in [-0.25, -0.2) is 4.79 Å². The van der Waals surface area contributed by atoms with Crippen molar-refractivity contribution >= 4 is 26.9 Å². The first kappa shape index (κ1) is 16.8. The number of rotatable bonds is 6. The Labute approximate surface area is 149 Å². The Bertz CT molecular complexity index is 882. The average molecular weight is 387 g/mol. The van der Waals surface area contributed by atoms with Gasteiger partial charge in [0.15, 0.2) is 0 Å². The van der Waals surface area contributed by atoms with E-state index in [0.717, 1.165) is 40.2 Å². The van der Waals surface area contributed by atoms with Crippen LogP contribution < -0.4 is 10.4 Å². The van der Waals surface area contributed by atoms with Gasteiger partial charge in [-0.2, -0.15) is 0 Å². The van der Waals surface area contributed by atoms with Gasteiger partial charge in [-0.1, -0.05) is 41.4 Å². The smallest absolute Gasteiger partial charge is 0.336 e. The van der Waals surface area contributed by atoms with E-state index in [1.165, 1.54) is 0 Å². The van der Waals surface area contributed by atoms with E-state index in [2.05, 4.69) is 22.9 Å². The van der Waals surface area contributed by atoms with Crippen molar-refractivity contribution in [2.45, 2.75) is 32.8 Å². The van der Waals surface area contributed by atoms with Crippen LogP contribution >= 0.6 is 15.9 Å². The minimum Gasteiger partial charge on any atom is -0.489 e. The molecule has 0 aliphatic carbocycles. The first-order valence-electron chi connectivity index (χ1n) is 8.10. The number of hydrogen-bond donors (Lipinski definition) is 0. The molecule has 3 rings (SSSR count). The van der Waals surface area contributed by atoms with Gasteiger partial charge in [0, 0.05) is 22.0 Å². The van der Waals surface area contributed by atoms with E-state index in [-0.39, 0.29) is 5.63 Å². The first-order chi connectivity index (χ1) is 11.7. The second kappa shape index (κ2) is 7.67. The molecule has 24 heavy (non-hydrogen) atoms. The van der Waals surface area contributed by atoms with Crippen molar-refractivity contribution in [3.63, 3.8) is 0 Å². The van der Waals surface area contributed by atoms with Crippen LogP contribution in [0.3, 0.4) is 0 Å². The van der Waals surface area contributed by atoms with Crippen molar-refractivity contribution in [2.24, 2.45) is 0 Å². The Morgan fingerprint density at radius 3 is 2.62 bits per heavy atom. The molecule has 0 atom stereocenters. The molecule has 1 aromatic heterocycles. The number of hydrogen-bond acceptors (Lipinski definition) is 3. The fourth-order valence-corrected chi connectivity index (χ4v) is 2.89. The lowest BCUT2D eigenvalue weighted by atomic mass is 10.0. The highest BCUT2D eigenvalue weighted by atomic mass is 79.9. The van der Waals surface area contributed by atoms with Crippen LogP contribution in [0.4, 0.5) is 0 Å². The van der Waals surface area contributed by atoms with Gasteiger partial charge < -0.3 is 9.15 Å². The van der Waals surface area contributed by atoms with Crippen molar-refractivity contribution in [3.05, 3.63) is 74.6 Å². The van der Waals surface area contributed by atoms with E-state index in [0.29, 0.717) is 17.9 Å². The van der Waals surface area contributed by atoms with Crippen molar-refractivity contribution in [3.8, 4) is 5.75 Å². The normalized spacial score (nSPS) is 10.9. The van der Waals surface area contributed by atoms with Gasteiger partial charge in [-0.15, -0.1) is 0 Å². The topological polar surface area (TPSA) is 39.4 Å². The van der Waals surface area contributed by atoms with Gasteiger partial charge >= 0.3 is 5.63 Å². The molecule has 0 N–H and O–H groups in total. The van der Waals surface area contributed by atoms with E-state index in [1.807, 2.05) is 36.4 Å². The molecule has 0 radical (unpaired) electrons. The van der Waals surface area contributed by atoms with Crippen LogP contribution in [0.25, 0.3) is 11.0 Å². The molecule has 0 saturated heterocycles. The van der Waals surface area contributed by atoms with Crippen LogP contribution in [0.1, 0.15) is 30.9 Å². The van der Waals surface area contributed by atoms with E-state index in [1.54, 1.807) is 12.1 Å². The Morgan fingerprint density at radius 2 is 1.88 bits per heavy atom. The summed E-state index contributed by atoms with van der Waals surface area (Å²) in [4.78, 5) is 11.8. The molecular weight excluding hydrogens is 368 g/mol. The highest BCUT2D eigenvalue weighted by Crippen LogP contribution is 2.24. The lowest BCUT2D eigenvalue weighted by molar-refractivity contribution is 0.306. The molecule has 2 aromatic carbocycles. The summed E-state index contributed by atoms with van der Waals surface area (Å²) in [5.41, 5.74) is 2.40. The second-order valence-electron chi connectivity index (χ2n) is 5.77. The van der Waals surface area contributed by atoms with Crippen molar-refractivity contribution < 1.29 is 9.15 Å². The van der Waals surface area contributed by atoms with Crippen LogP contribution in [0.15, 0.2) is 62.2 Å². The molecule has 3 nitrogen and oxygen atoms in total. The predicted octanol–water partition coefficient (Wildman–Crippen LogP) is 5.48. The first-order valence-corrected chi connectivity index (χ1v) is 8.89. The summed E-state index contributed by atoms with van der Waals surface area (Å²) in [7, 11) is 0. The molecule has 0 unspecified atom stereocenters. The Balaban J connectivity index is 1.82. The van der Waals surface area contributed by atoms with Gasteiger partial charge in [-0.3, -0.25) is 0 Å². The van der Waals surface area contributed by atoms with Crippen LogP contribution in [0.2, 0.25) is 0 Å². The molecular formula is C20H19BrO3. The Hall–Kier alpha value is -2.07. The minimum atomic E-state index is -0.307. The van der Waals surface area contributed by atoms with Crippen molar-refractivity contribution in [2.75, 3.05) is 0 Å². The molecule has 4 heteroatoms. The third-order valence-corrected chi connectivity index (χ3v) is 4.45. The molecule has 124 valence electrons. The van der Waals surface area contributed by atoms with Crippen molar-refractivity contribution in [1.29, 1.82) is 0 Å². The second-order valence-corrected chi connectivity index (χ2v) is 6.68. The van der Waals surface area contributed by atoms with E-state index < -0.39 is 0 Å². The maximum absolute atomic E-state index is 11.8. The zero-order valence-corrected chi connectivity index (χ0v) is 15.1. The lowest BCUT2D eigenvalue weighted by Gasteiger charge is -2.09. The third kappa shape index (κ3) is 4.06. The standard InChI is InChI=1S/C20H19BrO3/c1-2-3-4-15-11-20(22)24-19-12-17(9-10-18(15)19)23-13-14-5-7-16(21)8-6-14/h5-12H,2-4,13H2,1H3. The summed E-state index contributed by atoms with van der Waals surface area (Å²) in [6, 6.07) is 15.3. The largest absolute Gasteiger partial charge is 0.489 e. The van der Waals surface area contributed by atoms with Crippen LogP contribution in [-0.2, 0) is 13.0 Å². The van der Waals surface area contributed by atoms with Crippen molar-refractivity contribution in [1.82, 2.24) is 0 Å². The third-order valence-electron chi connectivity index (χ3n) is 3.92. The summed E-state index contributed by atoms with van der Waals surface area (Å²) in [5, 5.41) is 0.985. The highest BCUT2D eigenvalue weighted by Gasteiger charge is 2.07. The Morgan fingerprint density at radius 1 is 1.08 bits per heavy atom. The monoisotopic (exact) mass is 386 g/mol. The minimum absolute atomic E-state index is 0.307. The highest BCUT2D eigenvalue weighted by molar-refractivity contribution is 9.10. The zero-order valence-electron chi connectivity index (χ0n) is 13.5. The fraction of sp³-hybridized carbons (Fsp3) is 0.250. The molecule has 0 spiro atoms. The van der Waals surface area contributed by atoms with Gasteiger partial charge in [0.2, 0.25) is 0 Å². The number of fused-ring (bicyclic) bond motifs is 1. The van der Waals surface area contributed by atoms with Gasteiger partial charge in [0.1, 0.15) is 17.9 Å². The summed E-state index contributed by atoms with van der Waals surface area (Å²) in [6.07, 6.45) is 3.04. The molecule has 1 heterocycles. The maximum atomic E-state index is 11.8. The van der Waals surface area contributed by atoms with Crippen LogP contribution in [0, 0.1) is 0 Å². The SMILES string of the molecule is CCCCc1cc(=O)oc2cc(OCc3ccc(Br)cc3)ccc12. The number of ether oxygens (including phenoxy) is 1. The van der Waals surface area contributed by atoms with Crippen LogP contribution in [-0.4, -0.2) is 0 Å². The lowest BCUT2D eigenvalue weighted by Crippen LogP contribution is -2.01. The Kier molecular flexibility index (Phi) is 5.36. The summed E-state index contributed by atoms with van der Waals surface area (Å²) >= 11 is 3.42. The van der Waals surface area contributed by atoms with Gasteiger partial charge in [0.25, 0.3) is 0 Å².